The van der Waals surface area contributed by atoms with E-state index in [1.54, 1.807) is 13.1 Å². The molecule has 2 aromatic rings. The summed E-state index contributed by atoms with van der Waals surface area (Å²) in [5.74, 6) is -0.756. The van der Waals surface area contributed by atoms with E-state index in [2.05, 4.69) is 4.74 Å². The number of fused-ring (bicyclic) bond motifs is 1. The van der Waals surface area contributed by atoms with Gasteiger partial charge >= 0.3 is 12.1 Å². The van der Waals surface area contributed by atoms with Crippen LogP contribution in [0, 0.1) is 0 Å². The van der Waals surface area contributed by atoms with Gasteiger partial charge in [-0.2, -0.15) is 13.2 Å². The standard InChI is InChI=1S/C17H16F3NO3S/c1-21(9-14(22)24-3)16(25)12-6-4-5-11-10(12)7-8-13(23-2)15(11)17(18,19)20/h4-8H,9H2,1-3H3. The molecule has 0 heterocycles. The Kier molecular flexibility index (Phi) is 5.52. The van der Waals surface area contributed by atoms with Crippen LogP contribution in [0.15, 0.2) is 30.3 Å². The van der Waals surface area contributed by atoms with Crippen molar-refractivity contribution in [1.29, 1.82) is 0 Å². The van der Waals surface area contributed by atoms with E-state index < -0.39 is 17.7 Å². The topological polar surface area (TPSA) is 38.8 Å². The number of halogens is 3. The highest BCUT2D eigenvalue weighted by atomic mass is 32.1. The van der Waals surface area contributed by atoms with E-state index in [4.69, 9.17) is 17.0 Å². The summed E-state index contributed by atoms with van der Waals surface area (Å²) in [6, 6.07) is 7.26. The first-order valence-corrected chi connectivity index (χ1v) is 7.60. The molecule has 0 radical (unpaired) electrons. The summed E-state index contributed by atoms with van der Waals surface area (Å²) in [5.41, 5.74) is -0.431. The highest BCUT2D eigenvalue weighted by Crippen LogP contribution is 2.41. The fraction of sp³-hybridized carbons (Fsp3) is 0.294. The van der Waals surface area contributed by atoms with Crippen molar-refractivity contribution < 1.29 is 27.4 Å². The molecule has 2 aromatic carbocycles. The maximum Gasteiger partial charge on any atom is 0.420 e. The summed E-state index contributed by atoms with van der Waals surface area (Å²) >= 11 is 5.34. The molecule has 8 heteroatoms. The minimum atomic E-state index is -4.58. The second-order valence-corrected chi connectivity index (χ2v) is 5.67. The molecule has 0 amide bonds. The Labute approximate surface area is 148 Å². The normalized spacial score (nSPS) is 11.3. The van der Waals surface area contributed by atoms with Crippen LogP contribution in [-0.2, 0) is 15.7 Å². The van der Waals surface area contributed by atoms with Crippen molar-refractivity contribution in [3.8, 4) is 5.75 Å². The first-order chi connectivity index (χ1) is 11.7. The monoisotopic (exact) mass is 371 g/mol. The number of alkyl halides is 3. The fourth-order valence-corrected chi connectivity index (χ4v) is 2.77. The van der Waals surface area contributed by atoms with E-state index in [9.17, 15) is 18.0 Å². The minimum absolute atomic E-state index is 0.0156. The molecule has 0 aliphatic rings. The van der Waals surface area contributed by atoms with Crippen LogP contribution in [0.25, 0.3) is 10.8 Å². The van der Waals surface area contributed by atoms with Crippen molar-refractivity contribution in [3.63, 3.8) is 0 Å². The number of hydrogen-bond acceptors (Lipinski definition) is 4. The number of benzene rings is 2. The van der Waals surface area contributed by atoms with Crippen LogP contribution in [0.4, 0.5) is 13.2 Å². The first-order valence-electron chi connectivity index (χ1n) is 7.20. The highest BCUT2D eigenvalue weighted by Gasteiger charge is 2.36. The molecule has 4 nitrogen and oxygen atoms in total. The molecule has 0 saturated heterocycles. The number of likely N-dealkylation sites (N-methyl/N-ethyl adjacent to an activating group) is 1. The predicted octanol–water partition coefficient (Wildman–Crippen LogP) is 3.65. The zero-order valence-electron chi connectivity index (χ0n) is 13.8. The lowest BCUT2D eigenvalue weighted by Gasteiger charge is -2.21. The Morgan fingerprint density at radius 2 is 1.84 bits per heavy atom. The number of hydrogen-bond donors (Lipinski definition) is 0. The third-order valence-corrected chi connectivity index (χ3v) is 4.23. The Morgan fingerprint density at radius 3 is 2.40 bits per heavy atom. The number of methoxy groups -OCH3 is 2. The number of esters is 1. The summed E-state index contributed by atoms with van der Waals surface area (Å²) in [6.45, 7) is -0.103. The van der Waals surface area contributed by atoms with E-state index >= 15 is 0 Å². The van der Waals surface area contributed by atoms with E-state index in [1.165, 1.54) is 43.4 Å². The molecule has 0 aromatic heterocycles. The van der Waals surface area contributed by atoms with Gasteiger partial charge in [0.15, 0.2) is 0 Å². The van der Waals surface area contributed by atoms with Gasteiger partial charge in [0.25, 0.3) is 0 Å². The number of thiocarbonyl (C=S) groups is 1. The maximum atomic E-state index is 13.5. The van der Waals surface area contributed by atoms with Crippen LogP contribution in [0.3, 0.4) is 0 Å². The third kappa shape index (κ3) is 3.84. The molecular weight excluding hydrogens is 355 g/mol. The molecule has 134 valence electrons. The largest absolute Gasteiger partial charge is 0.496 e. The lowest BCUT2D eigenvalue weighted by Crippen LogP contribution is -2.32. The van der Waals surface area contributed by atoms with E-state index in [-0.39, 0.29) is 22.7 Å². The predicted molar refractivity (Wildman–Crippen MR) is 91.8 cm³/mol. The van der Waals surface area contributed by atoms with E-state index in [1.807, 2.05) is 0 Å². The van der Waals surface area contributed by atoms with Crippen molar-refractivity contribution in [2.45, 2.75) is 6.18 Å². The van der Waals surface area contributed by atoms with Gasteiger partial charge in [-0.1, -0.05) is 30.4 Å². The smallest absolute Gasteiger partial charge is 0.420 e. The molecule has 25 heavy (non-hydrogen) atoms. The molecule has 0 spiro atoms. The SMILES string of the molecule is COC(=O)CN(C)C(=S)c1cccc2c(C(F)(F)F)c(OC)ccc12. The summed E-state index contributed by atoms with van der Waals surface area (Å²) in [7, 11) is 4.01. The van der Waals surface area contributed by atoms with Crippen molar-refractivity contribution in [2.24, 2.45) is 0 Å². The highest BCUT2D eigenvalue weighted by molar-refractivity contribution is 7.80. The molecule has 2 rings (SSSR count). The molecule has 0 unspecified atom stereocenters. The number of rotatable bonds is 4. The van der Waals surface area contributed by atoms with Gasteiger partial charge in [-0.25, -0.2) is 0 Å². The van der Waals surface area contributed by atoms with Gasteiger partial charge in [0.2, 0.25) is 0 Å². The third-order valence-electron chi connectivity index (χ3n) is 3.70. The maximum absolute atomic E-state index is 13.5. The lowest BCUT2D eigenvalue weighted by molar-refractivity contribution is -0.140. The summed E-state index contributed by atoms with van der Waals surface area (Å²) in [6.07, 6.45) is -4.58. The van der Waals surface area contributed by atoms with Gasteiger partial charge in [0.1, 0.15) is 22.8 Å². The van der Waals surface area contributed by atoms with Crippen LogP contribution in [-0.4, -0.2) is 43.7 Å². The number of carbonyl (C=O) groups is 1. The van der Waals surface area contributed by atoms with Crippen LogP contribution < -0.4 is 4.74 Å². The molecule has 0 N–H and O–H groups in total. The fourth-order valence-electron chi connectivity index (χ4n) is 2.52. The molecular formula is C17H16F3NO3S. The Morgan fingerprint density at radius 1 is 1.16 bits per heavy atom. The second kappa shape index (κ2) is 7.26. The van der Waals surface area contributed by atoms with Crippen LogP contribution in [0.5, 0.6) is 5.75 Å². The molecule has 0 fully saturated rings. The number of carbonyl (C=O) groups excluding carboxylic acids is 1. The van der Waals surface area contributed by atoms with Crippen LogP contribution in [0.1, 0.15) is 11.1 Å². The Bertz CT molecular complexity index is 821. The van der Waals surface area contributed by atoms with Gasteiger partial charge in [-0.05, 0) is 22.9 Å². The minimum Gasteiger partial charge on any atom is -0.496 e. The number of nitrogens with zero attached hydrogens (tertiary/aromatic N) is 1. The van der Waals surface area contributed by atoms with Gasteiger partial charge < -0.3 is 14.4 Å². The van der Waals surface area contributed by atoms with Crippen molar-refractivity contribution in [3.05, 3.63) is 41.5 Å². The summed E-state index contributed by atoms with van der Waals surface area (Å²) in [4.78, 5) is 13.1. The van der Waals surface area contributed by atoms with Crippen molar-refractivity contribution in [2.75, 3.05) is 27.8 Å². The zero-order chi connectivity index (χ0) is 18.8. The average Bonchev–Trinajstić information content (AvgIpc) is 2.58. The molecule has 0 saturated carbocycles. The van der Waals surface area contributed by atoms with Crippen molar-refractivity contribution in [1.82, 2.24) is 4.90 Å². The molecule has 0 bridgehead atoms. The van der Waals surface area contributed by atoms with Gasteiger partial charge in [-0.3, -0.25) is 4.79 Å². The Hall–Kier alpha value is -2.35. The quantitative estimate of drug-likeness (QED) is 0.606. The average molecular weight is 371 g/mol. The van der Waals surface area contributed by atoms with Gasteiger partial charge in [0.05, 0.1) is 14.2 Å². The second-order valence-electron chi connectivity index (χ2n) is 5.28. The number of ether oxygens (including phenoxy) is 2. The lowest BCUT2D eigenvalue weighted by atomic mass is 9.98. The van der Waals surface area contributed by atoms with Crippen LogP contribution >= 0.6 is 12.2 Å². The van der Waals surface area contributed by atoms with Crippen molar-refractivity contribution >= 4 is 33.9 Å². The molecule has 0 aliphatic heterocycles. The summed E-state index contributed by atoms with van der Waals surface area (Å²) in [5, 5.41) is 0.315. The molecule has 0 aliphatic carbocycles. The summed E-state index contributed by atoms with van der Waals surface area (Å²) < 4.78 is 49.9. The van der Waals surface area contributed by atoms with E-state index in [0.29, 0.717) is 10.9 Å². The van der Waals surface area contributed by atoms with Crippen LogP contribution in [0.2, 0.25) is 0 Å². The van der Waals surface area contributed by atoms with E-state index in [0.717, 1.165) is 0 Å². The zero-order valence-corrected chi connectivity index (χ0v) is 14.6. The molecule has 0 atom stereocenters. The van der Waals surface area contributed by atoms with Gasteiger partial charge in [0, 0.05) is 12.6 Å². The van der Waals surface area contributed by atoms with Gasteiger partial charge in [-0.15, -0.1) is 0 Å². The first kappa shape index (κ1) is 19.0. The Balaban J connectivity index is 2.61.